The molecule has 0 aliphatic carbocycles. The highest BCUT2D eigenvalue weighted by Gasteiger charge is 2.20. The molecule has 0 radical (unpaired) electrons. The number of ether oxygens (including phenoxy) is 1. The normalized spacial score (nSPS) is 10.7. The molecule has 9 nitrogen and oxygen atoms in total. The predicted molar refractivity (Wildman–Crippen MR) is 118 cm³/mol. The number of rotatable bonds is 9. The maximum absolute atomic E-state index is 12.7. The maximum Gasteiger partial charge on any atom is 0.276 e. The zero-order valence-corrected chi connectivity index (χ0v) is 18.4. The summed E-state index contributed by atoms with van der Waals surface area (Å²) >= 11 is 6.02. The summed E-state index contributed by atoms with van der Waals surface area (Å²) in [7, 11) is 0. The molecule has 31 heavy (non-hydrogen) atoms. The minimum absolute atomic E-state index is 0.132. The summed E-state index contributed by atoms with van der Waals surface area (Å²) in [5, 5.41) is 14.6. The number of carbonyl (C=O) groups excluding carboxylic acids is 2. The average molecular weight is 445 g/mol. The fraction of sp³-hybridized carbons (Fsp3) is 0.333. The Hall–Kier alpha value is -3.33. The van der Waals surface area contributed by atoms with Gasteiger partial charge in [0.05, 0.1) is 5.69 Å². The summed E-state index contributed by atoms with van der Waals surface area (Å²) in [6, 6.07) is 6.94. The van der Waals surface area contributed by atoms with E-state index in [0.29, 0.717) is 29.5 Å². The number of aryl methyl sites for hydroxylation is 2. The third kappa shape index (κ3) is 5.64. The van der Waals surface area contributed by atoms with E-state index in [-0.39, 0.29) is 24.0 Å². The highest BCUT2D eigenvalue weighted by Crippen LogP contribution is 2.21. The first-order valence-electron chi connectivity index (χ1n) is 10.0. The van der Waals surface area contributed by atoms with Crippen LogP contribution in [0, 0.1) is 6.92 Å². The Morgan fingerprint density at radius 3 is 2.65 bits per heavy atom. The molecular formula is C21H25ClN6O3. The van der Waals surface area contributed by atoms with Gasteiger partial charge in [0.2, 0.25) is 0 Å². The molecule has 0 aliphatic heterocycles. The number of hydrogen-bond donors (Lipinski definition) is 2. The number of hydrogen-bond acceptors (Lipinski definition) is 5. The third-order valence-electron chi connectivity index (χ3n) is 4.45. The standard InChI is InChI=1S/C21H25ClN6O3/c1-4-9-23-21(30)19-18(12-27(5-2)26-19)24-20(29)17-8-10-28(25-17)13-31-15-6-7-16(22)14(3)11-15/h6-8,10-12H,4-5,9,13H2,1-3H3,(H,23,30)(H,24,29). The number of carbonyl (C=O) groups is 2. The van der Waals surface area contributed by atoms with E-state index in [9.17, 15) is 9.59 Å². The molecule has 3 aromatic rings. The molecule has 3 rings (SSSR count). The lowest BCUT2D eigenvalue weighted by molar-refractivity contribution is 0.0948. The zero-order valence-electron chi connectivity index (χ0n) is 17.7. The van der Waals surface area contributed by atoms with Crippen molar-refractivity contribution in [1.29, 1.82) is 0 Å². The number of nitrogens with one attached hydrogen (secondary N) is 2. The summed E-state index contributed by atoms with van der Waals surface area (Å²) in [5.41, 5.74) is 1.61. The Morgan fingerprint density at radius 1 is 1.13 bits per heavy atom. The van der Waals surface area contributed by atoms with Crippen molar-refractivity contribution >= 4 is 29.1 Å². The molecule has 0 spiro atoms. The zero-order chi connectivity index (χ0) is 22.4. The summed E-state index contributed by atoms with van der Waals surface area (Å²) in [5.74, 6) is -0.124. The molecule has 0 atom stereocenters. The second-order valence-electron chi connectivity index (χ2n) is 6.88. The van der Waals surface area contributed by atoms with Gasteiger partial charge in [-0.3, -0.25) is 14.3 Å². The number of amides is 2. The van der Waals surface area contributed by atoms with Crippen molar-refractivity contribution in [3.05, 3.63) is 58.6 Å². The molecule has 1 aromatic carbocycles. The van der Waals surface area contributed by atoms with Crippen LogP contribution >= 0.6 is 11.6 Å². The largest absolute Gasteiger partial charge is 0.471 e. The van der Waals surface area contributed by atoms with Gasteiger partial charge in [0.15, 0.2) is 18.1 Å². The Bertz CT molecular complexity index is 1080. The summed E-state index contributed by atoms with van der Waals surface area (Å²) in [6.45, 7) is 6.98. The van der Waals surface area contributed by atoms with Gasteiger partial charge in [0.25, 0.3) is 11.8 Å². The first-order chi connectivity index (χ1) is 14.9. The molecule has 10 heteroatoms. The molecule has 0 bridgehead atoms. The quantitative estimate of drug-likeness (QED) is 0.525. The van der Waals surface area contributed by atoms with Crippen molar-refractivity contribution in [3.8, 4) is 5.75 Å². The highest BCUT2D eigenvalue weighted by molar-refractivity contribution is 6.31. The second-order valence-corrected chi connectivity index (χ2v) is 7.29. The van der Waals surface area contributed by atoms with E-state index in [1.165, 1.54) is 4.68 Å². The van der Waals surface area contributed by atoms with Crippen molar-refractivity contribution < 1.29 is 14.3 Å². The Balaban J connectivity index is 1.66. The van der Waals surface area contributed by atoms with Gasteiger partial charge >= 0.3 is 0 Å². The van der Waals surface area contributed by atoms with E-state index >= 15 is 0 Å². The molecule has 0 saturated heterocycles. The fourth-order valence-electron chi connectivity index (χ4n) is 2.75. The van der Waals surface area contributed by atoms with Gasteiger partial charge in [-0.1, -0.05) is 18.5 Å². The van der Waals surface area contributed by atoms with Gasteiger partial charge in [0, 0.05) is 30.5 Å². The molecular weight excluding hydrogens is 420 g/mol. The first-order valence-corrected chi connectivity index (χ1v) is 10.4. The SMILES string of the molecule is CCCNC(=O)c1nn(CC)cc1NC(=O)c1ccn(COc2ccc(Cl)c(C)c2)n1. The van der Waals surface area contributed by atoms with Gasteiger partial charge in [-0.25, -0.2) is 4.68 Å². The van der Waals surface area contributed by atoms with Crippen molar-refractivity contribution in [1.82, 2.24) is 24.9 Å². The van der Waals surface area contributed by atoms with E-state index in [4.69, 9.17) is 16.3 Å². The van der Waals surface area contributed by atoms with E-state index in [1.54, 1.807) is 35.3 Å². The number of nitrogens with zero attached hydrogens (tertiary/aromatic N) is 4. The van der Waals surface area contributed by atoms with Gasteiger partial charge in [-0.15, -0.1) is 0 Å². The summed E-state index contributed by atoms with van der Waals surface area (Å²) < 4.78 is 8.79. The number of halogens is 1. The van der Waals surface area contributed by atoms with E-state index in [1.807, 2.05) is 26.8 Å². The van der Waals surface area contributed by atoms with Gasteiger partial charge in [0.1, 0.15) is 5.75 Å². The van der Waals surface area contributed by atoms with Gasteiger partial charge in [-0.2, -0.15) is 10.2 Å². The molecule has 2 amide bonds. The molecule has 164 valence electrons. The molecule has 0 unspecified atom stereocenters. The summed E-state index contributed by atoms with van der Waals surface area (Å²) in [4.78, 5) is 25.0. The molecule has 0 aliphatic rings. The molecule has 2 heterocycles. The Labute approximate surface area is 185 Å². The lowest BCUT2D eigenvalue weighted by Gasteiger charge is -2.07. The maximum atomic E-state index is 12.7. The highest BCUT2D eigenvalue weighted by atomic mass is 35.5. The van der Waals surface area contributed by atoms with Gasteiger partial charge < -0.3 is 15.4 Å². The van der Waals surface area contributed by atoms with Crippen LogP contribution in [0.15, 0.2) is 36.7 Å². The molecule has 0 saturated carbocycles. The fourth-order valence-corrected chi connectivity index (χ4v) is 2.87. The lowest BCUT2D eigenvalue weighted by Crippen LogP contribution is -2.26. The van der Waals surface area contributed by atoms with Crippen LogP contribution in [0.4, 0.5) is 5.69 Å². The van der Waals surface area contributed by atoms with E-state index in [0.717, 1.165) is 12.0 Å². The number of anilines is 1. The number of aromatic nitrogens is 4. The Morgan fingerprint density at radius 2 is 1.94 bits per heavy atom. The molecule has 2 aromatic heterocycles. The van der Waals surface area contributed by atoms with Crippen LogP contribution in [-0.4, -0.2) is 37.9 Å². The van der Waals surface area contributed by atoms with Crippen LogP contribution in [-0.2, 0) is 13.3 Å². The minimum atomic E-state index is -0.443. The van der Waals surface area contributed by atoms with Crippen molar-refractivity contribution in [2.75, 3.05) is 11.9 Å². The van der Waals surface area contributed by atoms with Crippen molar-refractivity contribution in [2.45, 2.75) is 40.5 Å². The van der Waals surface area contributed by atoms with Crippen LogP contribution in [0.25, 0.3) is 0 Å². The van der Waals surface area contributed by atoms with Crippen LogP contribution in [0.1, 0.15) is 46.8 Å². The molecule has 0 fully saturated rings. The predicted octanol–water partition coefficient (Wildman–Crippen LogP) is 3.49. The van der Waals surface area contributed by atoms with Crippen LogP contribution < -0.4 is 15.4 Å². The summed E-state index contributed by atoms with van der Waals surface area (Å²) in [6.07, 6.45) is 4.07. The lowest BCUT2D eigenvalue weighted by atomic mass is 10.2. The van der Waals surface area contributed by atoms with Crippen molar-refractivity contribution in [2.24, 2.45) is 0 Å². The van der Waals surface area contributed by atoms with Gasteiger partial charge in [-0.05, 0) is 50.1 Å². The smallest absolute Gasteiger partial charge is 0.276 e. The van der Waals surface area contributed by atoms with E-state index in [2.05, 4.69) is 20.8 Å². The first kappa shape index (κ1) is 22.4. The van der Waals surface area contributed by atoms with Crippen LogP contribution in [0.3, 0.4) is 0 Å². The van der Waals surface area contributed by atoms with Crippen LogP contribution in [0.2, 0.25) is 5.02 Å². The monoisotopic (exact) mass is 444 g/mol. The van der Waals surface area contributed by atoms with E-state index < -0.39 is 5.91 Å². The van der Waals surface area contributed by atoms with Crippen molar-refractivity contribution in [3.63, 3.8) is 0 Å². The molecule has 2 N–H and O–H groups in total. The topological polar surface area (TPSA) is 103 Å². The third-order valence-corrected chi connectivity index (χ3v) is 4.87. The Kier molecular flexibility index (Phi) is 7.30. The minimum Gasteiger partial charge on any atom is -0.471 e. The van der Waals surface area contributed by atoms with Crippen LogP contribution in [0.5, 0.6) is 5.75 Å². The average Bonchev–Trinajstić information content (AvgIpc) is 3.40. The number of benzene rings is 1. The second kappa shape index (κ2) is 10.1.